The van der Waals surface area contributed by atoms with E-state index < -0.39 is 11.5 Å². The molecule has 100 valence electrons. The van der Waals surface area contributed by atoms with Gasteiger partial charge in [0.15, 0.2) is 5.82 Å². The summed E-state index contributed by atoms with van der Waals surface area (Å²) in [6.07, 6.45) is 4.92. The summed E-state index contributed by atoms with van der Waals surface area (Å²) in [5.74, 6) is -0.139. The van der Waals surface area contributed by atoms with Gasteiger partial charge in [0, 0.05) is 19.8 Å². The zero-order valence-electron chi connectivity index (χ0n) is 11.0. The molecule has 19 heavy (non-hydrogen) atoms. The third-order valence-corrected chi connectivity index (χ3v) is 3.98. The predicted molar refractivity (Wildman–Crippen MR) is 71.1 cm³/mol. The molecule has 0 aliphatic carbocycles. The molecule has 1 saturated heterocycles. The van der Waals surface area contributed by atoms with Crippen LogP contribution in [0.2, 0.25) is 0 Å². The van der Waals surface area contributed by atoms with E-state index in [4.69, 9.17) is 0 Å². The minimum Gasteiger partial charge on any atom is -0.480 e. The van der Waals surface area contributed by atoms with Crippen molar-refractivity contribution in [3.8, 4) is 0 Å². The monoisotopic (exact) mass is 260 g/mol. The Morgan fingerprint density at radius 1 is 1.47 bits per heavy atom. The number of hydrogen-bond acceptors (Lipinski definition) is 4. The van der Waals surface area contributed by atoms with E-state index in [-0.39, 0.29) is 0 Å². The van der Waals surface area contributed by atoms with Crippen molar-refractivity contribution in [2.45, 2.75) is 25.3 Å². The van der Waals surface area contributed by atoms with Gasteiger partial charge in [-0.25, -0.2) is 14.8 Å². The van der Waals surface area contributed by atoms with E-state index in [1.807, 2.05) is 22.6 Å². The molecule has 1 aliphatic rings. The highest BCUT2D eigenvalue weighted by atomic mass is 16.4. The summed E-state index contributed by atoms with van der Waals surface area (Å²) in [7, 11) is 1.92. The van der Waals surface area contributed by atoms with E-state index in [1.165, 1.54) is 0 Å². The summed E-state index contributed by atoms with van der Waals surface area (Å²) < 4.78 is 1.91. The fourth-order valence-electron chi connectivity index (χ4n) is 2.77. The normalized spacial score (nSPS) is 23.2. The van der Waals surface area contributed by atoms with Crippen molar-refractivity contribution in [3.63, 3.8) is 0 Å². The highest BCUT2D eigenvalue weighted by Gasteiger charge is 2.44. The fraction of sp³-hybridized carbons (Fsp3) is 0.462. The smallest absolute Gasteiger partial charge is 0.329 e. The Labute approximate surface area is 110 Å². The number of pyridine rings is 1. The highest BCUT2D eigenvalue weighted by Crippen LogP contribution is 2.35. The average molecular weight is 260 g/mol. The van der Waals surface area contributed by atoms with Gasteiger partial charge < -0.3 is 14.6 Å². The minimum absolute atomic E-state index is 0.632. The molecule has 1 unspecified atom stereocenters. The second-order valence-corrected chi connectivity index (χ2v) is 5.19. The number of anilines is 1. The van der Waals surface area contributed by atoms with Gasteiger partial charge in [0.1, 0.15) is 11.1 Å². The first kappa shape index (κ1) is 12.0. The van der Waals surface area contributed by atoms with Crippen LogP contribution in [0.15, 0.2) is 18.6 Å². The molecule has 1 N–H and O–H groups in total. The lowest BCUT2D eigenvalue weighted by Crippen LogP contribution is -2.48. The lowest BCUT2D eigenvalue weighted by Gasteiger charge is -2.32. The van der Waals surface area contributed by atoms with E-state index in [2.05, 4.69) is 9.97 Å². The van der Waals surface area contributed by atoms with Crippen LogP contribution in [-0.4, -0.2) is 37.7 Å². The summed E-state index contributed by atoms with van der Waals surface area (Å²) in [4.78, 5) is 22.1. The highest BCUT2D eigenvalue weighted by molar-refractivity contribution is 5.91. The standard InChI is InChI=1S/C13H16N4O2/c1-13(12(18)19)5-3-7-17(13)11-10-9(4-6-14-11)16(2)8-15-10/h4,6,8H,3,5,7H2,1-2H3,(H,18,19). The van der Waals surface area contributed by atoms with Gasteiger partial charge in [-0.1, -0.05) is 0 Å². The van der Waals surface area contributed by atoms with Gasteiger partial charge in [-0.15, -0.1) is 0 Å². The number of carboxylic acids is 1. The Bertz CT molecular complexity index is 651. The molecule has 2 aromatic heterocycles. The van der Waals surface area contributed by atoms with E-state index >= 15 is 0 Å². The van der Waals surface area contributed by atoms with E-state index in [9.17, 15) is 9.90 Å². The van der Waals surface area contributed by atoms with Crippen LogP contribution in [0.3, 0.4) is 0 Å². The second-order valence-electron chi connectivity index (χ2n) is 5.19. The number of rotatable bonds is 2. The number of fused-ring (bicyclic) bond motifs is 1. The average Bonchev–Trinajstić information content (AvgIpc) is 2.95. The van der Waals surface area contributed by atoms with Gasteiger partial charge >= 0.3 is 5.97 Å². The number of aryl methyl sites for hydroxylation is 1. The Kier molecular flexibility index (Phi) is 2.48. The third kappa shape index (κ3) is 1.59. The zero-order chi connectivity index (χ0) is 13.6. The van der Waals surface area contributed by atoms with E-state index in [0.29, 0.717) is 18.8 Å². The largest absolute Gasteiger partial charge is 0.480 e. The van der Waals surface area contributed by atoms with Crippen LogP contribution in [0, 0.1) is 0 Å². The summed E-state index contributed by atoms with van der Waals surface area (Å²) >= 11 is 0. The summed E-state index contributed by atoms with van der Waals surface area (Å²) in [5.41, 5.74) is 0.836. The van der Waals surface area contributed by atoms with Gasteiger partial charge in [0.2, 0.25) is 0 Å². The van der Waals surface area contributed by atoms with Gasteiger partial charge in [-0.3, -0.25) is 0 Å². The molecule has 3 rings (SSSR count). The van der Waals surface area contributed by atoms with Crippen LogP contribution in [0.1, 0.15) is 19.8 Å². The van der Waals surface area contributed by atoms with Crippen molar-refractivity contribution >= 4 is 22.8 Å². The first-order valence-corrected chi connectivity index (χ1v) is 6.31. The van der Waals surface area contributed by atoms with Crippen LogP contribution in [0.25, 0.3) is 11.0 Å². The van der Waals surface area contributed by atoms with Crippen molar-refractivity contribution in [2.75, 3.05) is 11.4 Å². The van der Waals surface area contributed by atoms with E-state index in [0.717, 1.165) is 17.5 Å². The first-order chi connectivity index (χ1) is 9.04. The zero-order valence-corrected chi connectivity index (χ0v) is 11.0. The summed E-state index contributed by atoms with van der Waals surface area (Å²) in [6, 6.07) is 1.89. The lowest BCUT2D eigenvalue weighted by atomic mass is 9.99. The molecular formula is C13H16N4O2. The second kappa shape index (κ2) is 3.94. The number of hydrogen-bond donors (Lipinski definition) is 1. The molecule has 1 aliphatic heterocycles. The summed E-state index contributed by atoms with van der Waals surface area (Å²) in [5, 5.41) is 9.49. The van der Waals surface area contributed by atoms with Crippen molar-refractivity contribution in [1.82, 2.24) is 14.5 Å². The maximum atomic E-state index is 11.6. The minimum atomic E-state index is -0.890. The number of nitrogens with zero attached hydrogens (tertiary/aromatic N) is 4. The van der Waals surface area contributed by atoms with Crippen molar-refractivity contribution in [3.05, 3.63) is 18.6 Å². The molecule has 0 bridgehead atoms. The molecular weight excluding hydrogens is 244 g/mol. The third-order valence-electron chi connectivity index (χ3n) is 3.98. The number of imidazole rings is 1. The van der Waals surface area contributed by atoms with E-state index in [1.54, 1.807) is 19.4 Å². The Morgan fingerprint density at radius 2 is 2.26 bits per heavy atom. The molecule has 0 saturated carbocycles. The molecule has 3 heterocycles. The first-order valence-electron chi connectivity index (χ1n) is 6.31. The van der Waals surface area contributed by atoms with Crippen LogP contribution < -0.4 is 4.90 Å². The molecule has 2 aromatic rings. The SMILES string of the molecule is Cn1cnc2c(N3CCCC3(C)C(=O)O)nccc21. The van der Waals surface area contributed by atoms with Crippen molar-refractivity contribution in [2.24, 2.45) is 7.05 Å². The Balaban J connectivity index is 2.17. The maximum Gasteiger partial charge on any atom is 0.329 e. The molecule has 0 radical (unpaired) electrons. The molecule has 0 spiro atoms. The molecule has 0 aromatic carbocycles. The lowest BCUT2D eigenvalue weighted by molar-refractivity contribution is -0.142. The van der Waals surface area contributed by atoms with Crippen LogP contribution >= 0.6 is 0 Å². The van der Waals surface area contributed by atoms with Crippen LogP contribution in [0.5, 0.6) is 0 Å². The Morgan fingerprint density at radius 3 is 3.00 bits per heavy atom. The number of carbonyl (C=O) groups is 1. The van der Waals surface area contributed by atoms with Gasteiger partial charge in [0.05, 0.1) is 11.8 Å². The van der Waals surface area contributed by atoms with Crippen molar-refractivity contribution < 1.29 is 9.90 Å². The fourth-order valence-corrected chi connectivity index (χ4v) is 2.77. The van der Waals surface area contributed by atoms with Gasteiger partial charge in [-0.05, 0) is 25.8 Å². The maximum absolute atomic E-state index is 11.6. The number of carboxylic acid groups (broad SMARTS) is 1. The molecule has 1 fully saturated rings. The quantitative estimate of drug-likeness (QED) is 0.884. The number of aliphatic carboxylic acids is 1. The summed E-state index contributed by atoms with van der Waals surface area (Å²) in [6.45, 7) is 2.46. The van der Waals surface area contributed by atoms with Gasteiger partial charge in [-0.2, -0.15) is 0 Å². The molecule has 0 amide bonds. The van der Waals surface area contributed by atoms with Crippen molar-refractivity contribution in [1.29, 1.82) is 0 Å². The molecule has 1 atom stereocenters. The Hall–Kier alpha value is -2.11. The van der Waals surface area contributed by atoms with Gasteiger partial charge in [0.25, 0.3) is 0 Å². The molecule has 6 heteroatoms. The van der Waals surface area contributed by atoms with Crippen LogP contribution in [-0.2, 0) is 11.8 Å². The molecule has 6 nitrogen and oxygen atoms in total. The number of aromatic nitrogens is 3. The van der Waals surface area contributed by atoms with Crippen LogP contribution in [0.4, 0.5) is 5.82 Å². The topological polar surface area (TPSA) is 71.2 Å². The predicted octanol–water partition coefficient (Wildman–Crippen LogP) is 1.41.